The Morgan fingerprint density at radius 1 is 1.15 bits per heavy atom. The van der Waals surface area contributed by atoms with Crippen molar-refractivity contribution >= 4 is 57.5 Å². The third kappa shape index (κ3) is 4.72. The van der Waals surface area contributed by atoms with Crippen molar-refractivity contribution in [3.63, 3.8) is 0 Å². The van der Waals surface area contributed by atoms with Crippen molar-refractivity contribution in [1.29, 1.82) is 0 Å². The number of aromatic nitrogens is 1. The van der Waals surface area contributed by atoms with Crippen LogP contribution in [0.4, 0.5) is 0 Å². The SMILES string of the molecule is CCN(CC)C(=O)C1=C(C)N=c2s/c(=C/c3ccc(I)cc3)c(=O)n2[C@@H]1c1ccc(Cl)cc1. The molecule has 4 rings (SSSR count). The number of allylic oxidation sites excluding steroid dienone is 1. The molecule has 0 spiro atoms. The summed E-state index contributed by atoms with van der Waals surface area (Å²) < 4.78 is 3.36. The number of thiazole rings is 1. The van der Waals surface area contributed by atoms with E-state index in [1.54, 1.807) is 21.6 Å². The van der Waals surface area contributed by atoms with E-state index in [2.05, 4.69) is 22.6 Å². The van der Waals surface area contributed by atoms with E-state index in [0.29, 0.717) is 38.7 Å². The van der Waals surface area contributed by atoms with Crippen molar-refractivity contribution in [2.24, 2.45) is 4.99 Å². The van der Waals surface area contributed by atoms with Gasteiger partial charge in [-0.1, -0.05) is 47.2 Å². The molecule has 1 amide bonds. The maximum Gasteiger partial charge on any atom is 0.271 e. The zero-order chi connectivity index (χ0) is 23.7. The fraction of sp³-hybridized carbons (Fsp3) is 0.240. The zero-order valence-electron chi connectivity index (χ0n) is 18.5. The summed E-state index contributed by atoms with van der Waals surface area (Å²) in [5.74, 6) is -0.104. The molecule has 1 aliphatic heterocycles. The van der Waals surface area contributed by atoms with E-state index in [1.165, 1.54) is 11.3 Å². The second-order valence-corrected chi connectivity index (χ2v) is 10.4. The van der Waals surface area contributed by atoms with Gasteiger partial charge in [0, 0.05) is 21.7 Å². The van der Waals surface area contributed by atoms with Gasteiger partial charge in [0.1, 0.15) is 0 Å². The van der Waals surface area contributed by atoms with Gasteiger partial charge >= 0.3 is 0 Å². The number of amides is 1. The van der Waals surface area contributed by atoms with E-state index in [0.717, 1.165) is 14.7 Å². The van der Waals surface area contributed by atoms with Crippen LogP contribution in [-0.2, 0) is 4.79 Å². The molecule has 8 heteroatoms. The Hall–Kier alpha value is -2.23. The second kappa shape index (κ2) is 9.95. The predicted molar refractivity (Wildman–Crippen MR) is 142 cm³/mol. The van der Waals surface area contributed by atoms with Crippen molar-refractivity contribution in [3.8, 4) is 0 Å². The van der Waals surface area contributed by atoms with E-state index < -0.39 is 6.04 Å². The lowest BCUT2D eigenvalue weighted by Crippen LogP contribution is -2.43. The lowest BCUT2D eigenvalue weighted by atomic mass is 9.94. The summed E-state index contributed by atoms with van der Waals surface area (Å²) in [6.07, 6.45) is 1.88. The van der Waals surface area contributed by atoms with Crippen LogP contribution in [0, 0.1) is 3.57 Å². The number of carbonyl (C=O) groups excluding carboxylic acids is 1. The molecule has 0 fully saturated rings. The Bertz CT molecular complexity index is 1400. The molecule has 170 valence electrons. The van der Waals surface area contributed by atoms with Gasteiger partial charge in [-0.15, -0.1) is 0 Å². The summed E-state index contributed by atoms with van der Waals surface area (Å²) in [5.41, 5.74) is 2.77. The van der Waals surface area contributed by atoms with Crippen LogP contribution in [-0.4, -0.2) is 28.5 Å². The van der Waals surface area contributed by atoms with E-state index in [4.69, 9.17) is 16.6 Å². The predicted octanol–water partition coefficient (Wildman–Crippen LogP) is 4.36. The number of carbonyl (C=O) groups is 1. The van der Waals surface area contributed by atoms with Gasteiger partial charge in [-0.2, -0.15) is 0 Å². The molecule has 0 saturated heterocycles. The summed E-state index contributed by atoms with van der Waals surface area (Å²) in [5, 5.41) is 0.599. The fourth-order valence-corrected chi connectivity index (χ4v) is 5.48. The number of halogens is 2. The summed E-state index contributed by atoms with van der Waals surface area (Å²) in [4.78, 5) is 34.2. The number of likely N-dealkylation sites (N-methyl/N-ethyl adjacent to an activating group) is 1. The van der Waals surface area contributed by atoms with Gasteiger partial charge < -0.3 is 4.90 Å². The number of fused-ring (bicyclic) bond motifs is 1. The average Bonchev–Trinajstić information content (AvgIpc) is 3.10. The Morgan fingerprint density at radius 2 is 1.79 bits per heavy atom. The molecular formula is C25H23ClIN3O2S. The molecule has 1 atom stereocenters. The van der Waals surface area contributed by atoms with Gasteiger partial charge in [-0.25, -0.2) is 4.99 Å². The third-order valence-corrected chi connectivity index (χ3v) is 7.61. The van der Waals surface area contributed by atoms with Crippen LogP contribution in [0.1, 0.15) is 37.9 Å². The first-order chi connectivity index (χ1) is 15.8. The fourth-order valence-electron chi connectivity index (χ4n) is 3.95. The van der Waals surface area contributed by atoms with Crippen molar-refractivity contribution in [2.75, 3.05) is 13.1 Å². The molecule has 33 heavy (non-hydrogen) atoms. The summed E-state index contributed by atoms with van der Waals surface area (Å²) in [7, 11) is 0. The standard InChI is InChI=1S/C25H23ClIN3O2S/c1-4-29(5-2)24(32)21-15(3)28-25-30(22(21)17-8-10-18(26)11-9-17)23(31)20(33-25)14-16-6-12-19(27)13-7-16/h6-14,22H,4-5H2,1-3H3/b20-14+/t22-/m1/s1. The van der Waals surface area contributed by atoms with Crippen molar-refractivity contribution in [3.05, 3.63) is 99.2 Å². The van der Waals surface area contributed by atoms with Crippen molar-refractivity contribution in [1.82, 2.24) is 9.47 Å². The molecule has 0 unspecified atom stereocenters. The molecule has 0 radical (unpaired) electrons. The highest BCUT2D eigenvalue weighted by molar-refractivity contribution is 14.1. The van der Waals surface area contributed by atoms with E-state index in [1.807, 2.05) is 63.2 Å². The van der Waals surface area contributed by atoms with Crippen LogP contribution in [0.25, 0.3) is 6.08 Å². The smallest absolute Gasteiger partial charge is 0.271 e. The van der Waals surface area contributed by atoms with Gasteiger partial charge in [0.05, 0.1) is 21.8 Å². The maximum atomic E-state index is 13.6. The normalized spacial score (nSPS) is 15.9. The quantitative estimate of drug-likeness (QED) is 0.414. The lowest BCUT2D eigenvalue weighted by Gasteiger charge is -2.29. The van der Waals surface area contributed by atoms with Gasteiger partial charge in [0.25, 0.3) is 11.5 Å². The van der Waals surface area contributed by atoms with Crippen LogP contribution in [0.15, 0.2) is 69.6 Å². The lowest BCUT2D eigenvalue weighted by molar-refractivity contribution is -0.127. The Balaban J connectivity index is 1.95. The van der Waals surface area contributed by atoms with Crippen LogP contribution in [0.5, 0.6) is 0 Å². The molecule has 0 aliphatic carbocycles. The molecule has 0 bridgehead atoms. The highest BCUT2D eigenvalue weighted by Gasteiger charge is 2.34. The van der Waals surface area contributed by atoms with Crippen LogP contribution >= 0.6 is 45.5 Å². The third-order valence-electron chi connectivity index (χ3n) is 5.66. The van der Waals surface area contributed by atoms with Gasteiger partial charge in [-0.05, 0) is 84.8 Å². The molecular weight excluding hydrogens is 569 g/mol. The first-order valence-electron chi connectivity index (χ1n) is 10.7. The summed E-state index contributed by atoms with van der Waals surface area (Å²) in [6, 6.07) is 14.7. The van der Waals surface area contributed by atoms with Crippen LogP contribution < -0.4 is 14.9 Å². The van der Waals surface area contributed by atoms with Gasteiger partial charge in [0.15, 0.2) is 4.80 Å². The molecule has 2 heterocycles. The van der Waals surface area contributed by atoms with Crippen molar-refractivity contribution < 1.29 is 4.79 Å². The topological polar surface area (TPSA) is 54.7 Å². The average molecular weight is 592 g/mol. The Morgan fingerprint density at radius 3 is 2.39 bits per heavy atom. The maximum absolute atomic E-state index is 13.6. The van der Waals surface area contributed by atoms with Gasteiger partial charge in [-0.3, -0.25) is 14.2 Å². The number of rotatable bonds is 5. The minimum atomic E-state index is -0.564. The largest absolute Gasteiger partial charge is 0.339 e. The van der Waals surface area contributed by atoms with Gasteiger partial charge in [0.2, 0.25) is 0 Å². The summed E-state index contributed by atoms with van der Waals surface area (Å²) >= 11 is 9.73. The van der Waals surface area contributed by atoms with E-state index >= 15 is 0 Å². The van der Waals surface area contributed by atoms with Crippen molar-refractivity contribution in [2.45, 2.75) is 26.8 Å². The minimum absolute atomic E-state index is 0.104. The summed E-state index contributed by atoms with van der Waals surface area (Å²) in [6.45, 7) is 6.90. The Kier molecular flexibility index (Phi) is 7.21. The number of benzene rings is 2. The first kappa shape index (κ1) is 23.9. The molecule has 5 nitrogen and oxygen atoms in total. The highest BCUT2D eigenvalue weighted by Crippen LogP contribution is 2.31. The second-order valence-electron chi connectivity index (χ2n) is 7.66. The molecule has 1 aromatic heterocycles. The molecule has 1 aliphatic rings. The first-order valence-corrected chi connectivity index (χ1v) is 12.9. The van der Waals surface area contributed by atoms with E-state index in [9.17, 15) is 9.59 Å². The number of nitrogens with zero attached hydrogens (tertiary/aromatic N) is 3. The molecule has 0 saturated carbocycles. The van der Waals surface area contributed by atoms with E-state index in [-0.39, 0.29) is 11.5 Å². The minimum Gasteiger partial charge on any atom is -0.339 e. The highest BCUT2D eigenvalue weighted by atomic mass is 127. The Labute approximate surface area is 214 Å². The molecule has 3 aromatic rings. The number of hydrogen-bond donors (Lipinski definition) is 0. The molecule has 0 N–H and O–H groups in total. The molecule has 2 aromatic carbocycles. The van der Waals surface area contributed by atoms with Crippen LogP contribution in [0.2, 0.25) is 5.02 Å². The number of hydrogen-bond acceptors (Lipinski definition) is 4. The monoisotopic (exact) mass is 591 g/mol. The zero-order valence-corrected chi connectivity index (χ0v) is 22.2. The van der Waals surface area contributed by atoms with Crippen LogP contribution in [0.3, 0.4) is 0 Å².